The number of sulfonamides is 1. The summed E-state index contributed by atoms with van der Waals surface area (Å²) in [5, 5.41) is 16.8. The molecule has 0 radical (unpaired) electrons. The number of nitrogens with zero attached hydrogens (tertiary/aromatic N) is 2. The second-order valence-electron chi connectivity index (χ2n) is 8.80. The molecule has 2 bridgehead atoms. The van der Waals surface area contributed by atoms with Gasteiger partial charge in [0.2, 0.25) is 10.0 Å². The summed E-state index contributed by atoms with van der Waals surface area (Å²) in [6, 6.07) is 14.1. The van der Waals surface area contributed by atoms with Gasteiger partial charge in [-0.3, -0.25) is 4.90 Å². The van der Waals surface area contributed by atoms with Gasteiger partial charge >= 0.3 is 11.9 Å². The highest BCUT2D eigenvalue weighted by Gasteiger charge is 2.43. The largest absolute Gasteiger partial charge is 0.473 e. The van der Waals surface area contributed by atoms with Crippen LogP contribution in [-0.2, 0) is 19.6 Å². The SMILES string of the molecule is O=C(O)C(=O)O.O=S(=O)(c1ccc2ccccc2c1)N1CCN(C2CC3CCC2C3)CC1. The smallest absolute Gasteiger partial charge is 0.414 e. The van der Waals surface area contributed by atoms with Crippen LogP contribution in [0.2, 0.25) is 0 Å². The van der Waals surface area contributed by atoms with E-state index in [1.54, 1.807) is 10.4 Å². The predicted octanol–water partition coefficient (Wildman–Crippen LogP) is 2.49. The molecule has 2 aromatic carbocycles. The molecule has 1 aliphatic heterocycles. The molecule has 2 aromatic rings. The fraction of sp³-hybridized carbons (Fsp3) is 0.478. The van der Waals surface area contributed by atoms with Crippen LogP contribution in [0.4, 0.5) is 0 Å². The van der Waals surface area contributed by atoms with E-state index in [2.05, 4.69) is 4.90 Å². The predicted molar refractivity (Wildman–Crippen MR) is 119 cm³/mol. The Hall–Kier alpha value is -2.49. The zero-order chi connectivity index (χ0) is 22.9. The van der Waals surface area contributed by atoms with Crippen LogP contribution in [0.15, 0.2) is 47.4 Å². The number of carbonyl (C=O) groups is 2. The minimum atomic E-state index is -3.40. The van der Waals surface area contributed by atoms with Crippen LogP contribution in [0.1, 0.15) is 25.7 Å². The Kier molecular flexibility index (Phi) is 6.50. The normalized spacial score (nSPS) is 25.9. The first kappa shape index (κ1) is 22.7. The molecule has 1 saturated heterocycles. The van der Waals surface area contributed by atoms with Crippen molar-refractivity contribution in [1.82, 2.24) is 9.21 Å². The Morgan fingerprint density at radius 1 is 0.844 bits per heavy atom. The van der Waals surface area contributed by atoms with Gasteiger partial charge in [-0.15, -0.1) is 0 Å². The van der Waals surface area contributed by atoms with Gasteiger partial charge in [0.25, 0.3) is 0 Å². The van der Waals surface area contributed by atoms with Gasteiger partial charge in [-0.25, -0.2) is 18.0 Å². The summed E-state index contributed by atoms with van der Waals surface area (Å²) in [6.07, 6.45) is 5.53. The molecule has 5 rings (SSSR count). The van der Waals surface area contributed by atoms with Crippen molar-refractivity contribution in [3.05, 3.63) is 42.5 Å². The highest BCUT2D eigenvalue weighted by molar-refractivity contribution is 7.89. The van der Waals surface area contributed by atoms with Gasteiger partial charge in [0.1, 0.15) is 0 Å². The summed E-state index contributed by atoms with van der Waals surface area (Å²) in [6.45, 7) is 2.98. The second kappa shape index (κ2) is 9.17. The zero-order valence-electron chi connectivity index (χ0n) is 17.8. The molecule has 9 heteroatoms. The van der Waals surface area contributed by atoms with Gasteiger partial charge in [0.05, 0.1) is 4.90 Å². The Balaban J connectivity index is 0.000000363. The molecule has 0 aromatic heterocycles. The van der Waals surface area contributed by atoms with E-state index in [-0.39, 0.29) is 0 Å². The molecule has 0 amide bonds. The standard InChI is InChI=1S/C21H26N2O2S.C2H2O4/c24-26(25,20-8-7-17-3-1-2-4-18(17)15-20)23-11-9-22(10-12-23)21-14-16-5-6-19(21)13-16;3-1(4)2(5)6/h1-4,7-8,15-16,19,21H,5-6,9-14H2;(H,3,4)(H,5,6). The third-order valence-electron chi connectivity index (χ3n) is 6.98. The number of piperazine rings is 1. The van der Waals surface area contributed by atoms with Gasteiger partial charge in [0, 0.05) is 32.2 Å². The highest BCUT2D eigenvalue weighted by Crippen LogP contribution is 2.46. The van der Waals surface area contributed by atoms with Crippen molar-refractivity contribution in [3.63, 3.8) is 0 Å². The van der Waals surface area contributed by atoms with E-state index in [0.717, 1.165) is 35.7 Å². The molecule has 2 N–H and O–H groups in total. The molecule has 32 heavy (non-hydrogen) atoms. The van der Waals surface area contributed by atoms with Crippen molar-refractivity contribution in [2.75, 3.05) is 26.2 Å². The lowest BCUT2D eigenvalue weighted by Gasteiger charge is -2.40. The number of aliphatic carboxylic acids is 2. The lowest BCUT2D eigenvalue weighted by Crippen LogP contribution is -2.53. The first-order valence-electron chi connectivity index (χ1n) is 10.9. The first-order valence-corrected chi connectivity index (χ1v) is 12.4. The van der Waals surface area contributed by atoms with Gasteiger partial charge in [0.15, 0.2) is 0 Å². The van der Waals surface area contributed by atoms with Crippen molar-refractivity contribution in [2.24, 2.45) is 11.8 Å². The van der Waals surface area contributed by atoms with Crippen LogP contribution in [0, 0.1) is 11.8 Å². The number of rotatable bonds is 3. The number of hydrogen-bond donors (Lipinski definition) is 2. The van der Waals surface area contributed by atoms with E-state index < -0.39 is 22.0 Å². The molecular weight excluding hydrogens is 432 g/mol. The number of carboxylic acids is 2. The van der Waals surface area contributed by atoms with Gasteiger partial charge in [-0.05, 0) is 54.0 Å². The molecule has 1 heterocycles. The van der Waals surface area contributed by atoms with Crippen LogP contribution < -0.4 is 0 Å². The minimum absolute atomic E-state index is 0.421. The Bertz CT molecular complexity index is 1100. The maximum absolute atomic E-state index is 13.1. The summed E-state index contributed by atoms with van der Waals surface area (Å²) in [5.74, 6) is -1.85. The van der Waals surface area contributed by atoms with Gasteiger partial charge < -0.3 is 10.2 Å². The monoisotopic (exact) mass is 460 g/mol. The Morgan fingerprint density at radius 3 is 2.06 bits per heavy atom. The average molecular weight is 461 g/mol. The summed E-state index contributed by atoms with van der Waals surface area (Å²) < 4.78 is 27.9. The fourth-order valence-electron chi connectivity index (χ4n) is 5.41. The van der Waals surface area contributed by atoms with E-state index in [1.165, 1.54) is 25.7 Å². The molecule has 3 fully saturated rings. The summed E-state index contributed by atoms with van der Waals surface area (Å²) in [7, 11) is -3.40. The molecule has 172 valence electrons. The molecule has 3 atom stereocenters. The average Bonchev–Trinajstić information content (AvgIpc) is 3.43. The number of fused-ring (bicyclic) bond motifs is 3. The zero-order valence-corrected chi connectivity index (χ0v) is 18.6. The molecule has 8 nitrogen and oxygen atoms in total. The van der Waals surface area contributed by atoms with Gasteiger partial charge in [-0.2, -0.15) is 4.31 Å². The summed E-state index contributed by atoms with van der Waals surface area (Å²) in [4.78, 5) is 21.2. The number of hydrogen-bond acceptors (Lipinski definition) is 5. The Morgan fingerprint density at radius 2 is 1.50 bits per heavy atom. The number of benzene rings is 2. The summed E-state index contributed by atoms with van der Waals surface area (Å²) in [5.41, 5.74) is 0. The first-order chi connectivity index (χ1) is 15.3. The van der Waals surface area contributed by atoms with Crippen LogP contribution in [-0.4, -0.2) is 72.0 Å². The van der Waals surface area contributed by atoms with Crippen LogP contribution in [0.25, 0.3) is 10.8 Å². The van der Waals surface area contributed by atoms with E-state index in [9.17, 15) is 8.42 Å². The maximum Gasteiger partial charge on any atom is 0.414 e. The molecule has 3 aliphatic rings. The number of carboxylic acid groups (broad SMARTS) is 2. The van der Waals surface area contributed by atoms with Gasteiger partial charge in [-0.1, -0.05) is 36.8 Å². The quantitative estimate of drug-likeness (QED) is 0.676. The van der Waals surface area contributed by atoms with Crippen molar-refractivity contribution in [1.29, 1.82) is 0 Å². The molecule has 2 aliphatic carbocycles. The van der Waals surface area contributed by atoms with E-state index in [4.69, 9.17) is 19.8 Å². The van der Waals surface area contributed by atoms with Crippen molar-refractivity contribution >= 4 is 32.7 Å². The van der Waals surface area contributed by atoms with Crippen molar-refractivity contribution in [3.8, 4) is 0 Å². The molecular formula is C23H28N2O6S. The highest BCUT2D eigenvalue weighted by atomic mass is 32.2. The van der Waals surface area contributed by atoms with E-state index in [1.807, 2.05) is 36.4 Å². The molecule has 0 spiro atoms. The third kappa shape index (κ3) is 4.65. The van der Waals surface area contributed by atoms with E-state index in [0.29, 0.717) is 24.0 Å². The summed E-state index contributed by atoms with van der Waals surface area (Å²) >= 11 is 0. The van der Waals surface area contributed by atoms with Crippen molar-refractivity contribution in [2.45, 2.75) is 36.6 Å². The topological polar surface area (TPSA) is 115 Å². The lowest BCUT2D eigenvalue weighted by molar-refractivity contribution is -0.159. The van der Waals surface area contributed by atoms with E-state index >= 15 is 0 Å². The van der Waals surface area contributed by atoms with Crippen LogP contribution in [0.5, 0.6) is 0 Å². The van der Waals surface area contributed by atoms with Crippen LogP contribution in [0.3, 0.4) is 0 Å². The maximum atomic E-state index is 13.1. The minimum Gasteiger partial charge on any atom is -0.473 e. The fourth-order valence-corrected chi connectivity index (χ4v) is 6.87. The second-order valence-corrected chi connectivity index (χ2v) is 10.7. The lowest BCUT2D eigenvalue weighted by atomic mass is 9.93. The van der Waals surface area contributed by atoms with Crippen LogP contribution >= 0.6 is 0 Å². The molecule has 2 saturated carbocycles. The third-order valence-corrected chi connectivity index (χ3v) is 8.88. The Labute approximate surface area is 187 Å². The molecule has 3 unspecified atom stereocenters. The van der Waals surface area contributed by atoms with Crippen molar-refractivity contribution < 1.29 is 28.2 Å².